The monoisotopic (exact) mass is 134 g/mol. The van der Waals surface area contributed by atoms with Gasteiger partial charge in [-0.1, -0.05) is 9.98 Å². The zero-order valence-electron chi connectivity index (χ0n) is 5.78. The number of aryl methyl sites for hydroxylation is 1. The van der Waals surface area contributed by atoms with Crippen LogP contribution in [0.4, 0.5) is 5.95 Å². The minimum absolute atomic E-state index is 0.811. The first kappa shape index (κ1) is 5.53. The van der Waals surface area contributed by atoms with E-state index in [2.05, 4.69) is 16.2 Å². The summed E-state index contributed by atoms with van der Waals surface area (Å²) in [6.45, 7) is 2.89. The first-order valence-electron chi connectivity index (χ1n) is 3.25. The molecule has 0 radical (unpaired) electrons. The maximum absolute atomic E-state index is 4.12. The molecule has 0 unspecified atom stereocenters. The Balaban J connectivity index is 2.59. The Morgan fingerprint density at radius 3 is 3.40 bits per heavy atom. The Morgan fingerprint density at radius 2 is 2.50 bits per heavy atom. The smallest absolute Gasteiger partial charge is 0.226 e. The van der Waals surface area contributed by atoms with E-state index in [9.17, 15) is 0 Å². The number of hydrogen-bond acceptors (Lipinski definition) is 2. The lowest BCUT2D eigenvalue weighted by Gasteiger charge is -1.91. The summed E-state index contributed by atoms with van der Waals surface area (Å²) in [7, 11) is 0. The molecular formula is C7H8N3+. The van der Waals surface area contributed by atoms with E-state index in [1.807, 2.05) is 23.9 Å². The largest absolute Gasteiger partial charge is 0.432 e. The second-order valence-corrected chi connectivity index (χ2v) is 2.40. The summed E-state index contributed by atoms with van der Waals surface area (Å²) in [5.41, 5.74) is 1.18. The molecule has 2 rings (SSSR count). The van der Waals surface area contributed by atoms with Crippen LogP contribution in [0.2, 0.25) is 0 Å². The van der Waals surface area contributed by atoms with E-state index in [1.54, 1.807) is 0 Å². The number of nitrogens with zero attached hydrogens (tertiary/aromatic N) is 3. The molecule has 1 aromatic heterocycles. The van der Waals surface area contributed by atoms with Crippen LogP contribution in [0, 0.1) is 6.92 Å². The first-order chi connectivity index (χ1) is 4.86. The molecule has 0 atom stereocenters. The van der Waals surface area contributed by atoms with Gasteiger partial charge in [0.1, 0.15) is 19.0 Å². The average molecular weight is 134 g/mol. The van der Waals surface area contributed by atoms with Gasteiger partial charge in [-0.3, -0.25) is 0 Å². The summed E-state index contributed by atoms with van der Waals surface area (Å²) >= 11 is 0. The van der Waals surface area contributed by atoms with Crippen molar-refractivity contribution in [3.05, 3.63) is 18.0 Å². The SMILES string of the molecule is Cc1cnc2[n+](c1)CC=N2. The summed E-state index contributed by atoms with van der Waals surface area (Å²) < 4.78 is 2.02. The van der Waals surface area contributed by atoms with Gasteiger partial charge in [-0.2, -0.15) is 0 Å². The highest BCUT2D eigenvalue weighted by Gasteiger charge is 2.14. The van der Waals surface area contributed by atoms with Gasteiger partial charge in [0.2, 0.25) is 0 Å². The molecule has 0 amide bonds. The summed E-state index contributed by atoms with van der Waals surface area (Å²) in [6, 6.07) is 0. The highest BCUT2D eigenvalue weighted by Crippen LogP contribution is 2.03. The average Bonchev–Trinajstić information content (AvgIpc) is 2.33. The second kappa shape index (κ2) is 1.87. The molecule has 0 aliphatic carbocycles. The lowest BCUT2D eigenvalue weighted by atomic mass is 10.4. The van der Waals surface area contributed by atoms with Gasteiger partial charge in [0, 0.05) is 5.56 Å². The molecule has 0 saturated carbocycles. The summed E-state index contributed by atoms with van der Waals surface area (Å²) in [4.78, 5) is 8.19. The van der Waals surface area contributed by atoms with Crippen LogP contribution >= 0.6 is 0 Å². The molecule has 0 fully saturated rings. The molecule has 50 valence electrons. The van der Waals surface area contributed by atoms with Gasteiger partial charge in [0.25, 0.3) is 0 Å². The third-order valence-electron chi connectivity index (χ3n) is 1.49. The van der Waals surface area contributed by atoms with Crippen LogP contribution in [-0.4, -0.2) is 11.2 Å². The van der Waals surface area contributed by atoms with Crippen LogP contribution in [0.1, 0.15) is 5.56 Å². The van der Waals surface area contributed by atoms with Crippen molar-refractivity contribution in [3.8, 4) is 0 Å². The van der Waals surface area contributed by atoms with Crippen LogP contribution in [-0.2, 0) is 6.54 Å². The van der Waals surface area contributed by atoms with Crippen molar-refractivity contribution in [2.45, 2.75) is 13.5 Å². The Bertz CT molecular complexity index is 291. The van der Waals surface area contributed by atoms with Gasteiger partial charge in [-0.15, -0.1) is 0 Å². The maximum Gasteiger partial charge on any atom is 0.432 e. The minimum atomic E-state index is 0.811. The number of aromatic nitrogens is 2. The van der Waals surface area contributed by atoms with Crippen LogP contribution in [0.25, 0.3) is 0 Å². The van der Waals surface area contributed by atoms with Crippen LogP contribution in [0.15, 0.2) is 17.4 Å². The predicted octanol–water partition coefficient (Wildman–Crippen LogP) is 0.393. The predicted molar refractivity (Wildman–Crippen MR) is 37.3 cm³/mol. The molecule has 0 N–H and O–H groups in total. The fraction of sp³-hybridized carbons (Fsp3) is 0.286. The normalized spacial score (nSPS) is 13.7. The van der Waals surface area contributed by atoms with E-state index in [4.69, 9.17) is 0 Å². The third kappa shape index (κ3) is 0.708. The van der Waals surface area contributed by atoms with Gasteiger partial charge in [-0.25, -0.2) is 4.57 Å². The van der Waals surface area contributed by atoms with Crippen molar-refractivity contribution in [2.75, 3.05) is 0 Å². The standard InChI is InChI=1S/C7H8N3/c1-6-4-9-7-8-2-3-10(7)5-6/h2,4-5H,3H2,1H3/q+1. The van der Waals surface area contributed by atoms with Gasteiger partial charge in [-0.05, 0) is 6.92 Å². The lowest BCUT2D eigenvalue weighted by molar-refractivity contribution is -0.666. The van der Waals surface area contributed by atoms with Gasteiger partial charge in [0.05, 0.1) is 6.20 Å². The molecule has 2 heterocycles. The van der Waals surface area contributed by atoms with E-state index in [-0.39, 0.29) is 0 Å². The number of fused-ring (bicyclic) bond motifs is 1. The Morgan fingerprint density at radius 1 is 1.60 bits per heavy atom. The highest BCUT2D eigenvalue weighted by molar-refractivity contribution is 5.60. The number of aliphatic imine (C=N–C) groups is 1. The Labute approximate surface area is 59.1 Å². The summed E-state index contributed by atoms with van der Waals surface area (Å²) in [6.07, 6.45) is 5.74. The molecule has 1 aliphatic rings. The third-order valence-corrected chi connectivity index (χ3v) is 1.49. The second-order valence-electron chi connectivity index (χ2n) is 2.40. The van der Waals surface area contributed by atoms with Crippen molar-refractivity contribution < 1.29 is 4.57 Å². The Kier molecular flexibility index (Phi) is 1.03. The molecule has 0 spiro atoms. The molecule has 0 saturated heterocycles. The van der Waals surface area contributed by atoms with Gasteiger partial charge < -0.3 is 0 Å². The summed E-state index contributed by atoms with van der Waals surface area (Å²) in [5.74, 6) is 0.811. The van der Waals surface area contributed by atoms with Crippen LogP contribution < -0.4 is 4.57 Å². The molecule has 3 heteroatoms. The molecule has 10 heavy (non-hydrogen) atoms. The van der Waals surface area contributed by atoms with E-state index in [1.165, 1.54) is 5.56 Å². The Hall–Kier alpha value is -1.25. The number of hydrogen-bond donors (Lipinski definition) is 0. The molecule has 0 aromatic carbocycles. The van der Waals surface area contributed by atoms with Crippen LogP contribution in [0.3, 0.4) is 0 Å². The van der Waals surface area contributed by atoms with Crippen LogP contribution in [0.5, 0.6) is 0 Å². The lowest BCUT2D eigenvalue weighted by Crippen LogP contribution is -2.31. The zero-order chi connectivity index (χ0) is 6.97. The topological polar surface area (TPSA) is 29.1 Å². The van der Waals surface area contributed by atoms with E-state index < -0.39 is 0 Å². The van der Waals surface area contributed by atoms with Crippen molar-refractivity contribution >= 4 is 12.2 Å². The molecular weight excluding hydrogens is 126 g/mol. The van der Waals surface area contributed by atoms with Crippen molar-refractivity contribution in [3.63, 3.8) is 0 Å². The maximum atomic E-state index is 4.12. The van der Waals surface area contributed by atoms with Crippen molar-refractivity contribution in [1.82, 2.24) is 4.98 Å². The summed E-state index contributed by atoms with van der Waals surface area (Å²) in [5, 5.41) is 0. The fourth-order valence-electron chi connectivity index (χ4n) is 1.02. The zero-order valence-corrected chi connectivity index (χ0v) is 5.78. The van der Waals surface area contributed by atoms with E-state index >= 15 is 0 Å². The molecule has 3 nitrogen and oxygen atoms in total. The van der Waals surface area contributed by atoms with Gasteiger partial charge in [0.15, 0.2) is 0 Å². The first-order valence-corrected chi connectivity index (χ1v) is 3.25. The van der Waals surface area contributed by atoms with Crippen molar-refractivity contribution in [2.24, 2.45) is 4.99 Å². The van der Waals surface area contributed by atoms with E-state index in [0.717, 1.165) is 12.5 Å². The fourth-order valence-corrected chi connectivity index (χ4v) is 1.02. The quantitative estimate of drug-likeness (QED) is 0.472. The highest BCUT2D eigenvalue weighted by atomic mass is 15.2. The van der Waals surface area contributed by atoms with E-state index in [0.29, 0.717) is 0 Å². The number of rotatable bonds is 0. The molecule has 1 aliphatic heterocycles. The minimum Gasteiger partial charge on any atom is -0.226 e. The van der Waals surface area contributed by atoms with Crippen molar-refractivity contribution in [1.29, 1.82) is 0 Å². The molecule has 1 aromatic rings. The molecule has 0 bridgehead atoms. The van der Waals surface area contributed by atoms with Gasteiger partial charge >= 0.3 is 5.95 Å².